The second-order valence-electron chi connectivity index (χ2n) is 9.05. The van der Waals surface area contributed by atoms with Crippen LogP contribution in [0.5, 0.6) is 5.75 Å². The van der Waals surface area contributed by atoms with Crippen molar-refractivity contribution in [1.29, 1.82) is 0 Å². The molecule has 0 spiro atoms. The molecule has 1 N–H and O–H groups in total. The maximum absolute atomic E-state index is 12.5. The number of aromatic nitrogens is 3. The lowest BCUT2D eigenvalue weighted by molar-refractivity contribution is -0.143. The summed E-state index contributed by atoms with van der Waals surface area (Å²) in [6, 6.07) is 3.94. The van der Waals surface area contributed by atoms with Crippen LogP contribution in [0.3, 0.4) is 0 Å². The normalized spacial score (nSPS) is 21.0. The molecule has 33 heavy (non-hydrogen) atoms. The molecular formula is C24H32N4O5. The monoisotopic (exact) mass is 456 g/mol. The smallest absolute Gasteiger partial charge is 0.410 e. The van der Waals surface area contributed by atoms with Gasteiger partial charge in [-0.25, -0.2) is 4.79 Å². The van der Waals surface area contributed by atoms with Crippen molar-refractivity contribution in [2.45, 2.75) is 70.1 Å². The van der Waals surface area contributed by atoms with E-state index in [9.17, 15) is 14.7 Å². The quantitative estimate of drug-likeness (QED) is 0.671. The predicted octanol–water partition coefficient (Wildman–Crippen LogP) is 4.02. The molecule has 2 aromatic heterocycles. The number of carboxylic acids is 1. The molecular weight excluding hydrogens is 424 g/mol. The Bertz CT molecular complexity index is 968. The molecule has 0 aliphatic heterocycles. The number of amides is 1. The average Bonchev–Trinajstić information content (AvgIpc) is 3.48. The predicted molar refractivity (Wildman–Crippen MR) is 121 cm³/mol. The van der Waals surface area contributed by atoms with Crippen LogP contribution in [-0.4, -0.2) is 56.0 Å². The standard InChI is InChI=1S/C24H32N4O5/c1-27(17-7-3-4-8-17)24(31)32-15-22-20(14-26-28(22)2)21-11-10-19(13-25-21)33-18-9-5-6-16(12-18)23(29)30/h10-11,13-14,16-18H,3-9,12,15H2,1-2H3,(H,29,30)/t16-,18-/m0/s1. The van der Waals surface area contributed by atoms with E-state index in [0.29, 0.717) is 24.3 Å². The van der Waals surface area contributed by atoms with Crippen molar-refractivity contribution < 1.29 is 24.2 Å². The molecule has 2 aliphatic rings. The topological polar surface area (TPSA) is 107 Å². The highest BCUT2D eigenvalue weighted by Crippen LogP contribution is 2.29. The van der Waals surface area contributed by atoms with Gasteiger partial charge in [0.2, 0.25) is 0 Å². The van der Waals surface area contributed by atoms with E-state index in [1.807, 2.05) is 19.2 Å². The molecule has 2 aromatic rings. The number of aryl methyl sites for hydroxylation is 1. The molecule has 0 bridgehead atoms. The van der Waals surface area contributed by atoms with Gasteiger partial charge in [-0.2, -0.15) is 5.10 Å². The highest BCUT2D eigenvalue weighted by atomic mass is 16.6. The van der Waals surface area contributed by atoms with Gasteiger partial charge in [-0.05, 0) is 50.7 Å². The van der Waals surface area contributed by atoms with Crippen LogP contribution in [0, 0.1) is 5.92 Å². The Morgan fingerprint density at radius 1 is 1.15 bits per heavy atom. The molecule has 0 radical (unpaired) electrons. The third-order valence-electron chi connectivity index (χ3n) is 6.84. The summed E-state index contributed by atoms with van der Waals surface area (Å²) >= 11 is 0. The van der Waals surface area contributed by atoms with Gasteiger partial charge in [-0.1, -0.05) is 12.8 Å². The molecule has 0 saturated heterocycles. The molecule has 178 valence electrons. The molecule has 0 unspecified atom stereocenters. The van der Waals surface area contributed by atoms with E-state index >= 15 is 0 Å². The number of hydrogen-bond acceptors (Lipinski definition) is 6. The van der Waals surface area contributed by atoms with Crippen molar-refractivity contribution in [3.05, 3.63) is 30.2 Å². The van der Waals surface area contributed by atoms with Crippen molar-refractivity contribution in [1.82, 2.24) is 19.7 Å². The highest BCUT2D eigenvalue weighted by molar-refractivity contribution is 5.70. The fraction of sp³-hybridized carbons (Fsp3) is 0.583. The summed E-state index contributed by atoms with van der Waals surface area (Å²) in [7, 11) is 3.61. The number of carbonyl (C=O) groups excluding carboxylic acids is 1. The second kappa shape index (κ2) is 10.2. The molecule has 2 aliphatic carbocycles. The van der Waals surface area contributed by atoms with E-state index in [1.165, 1.54) is 0 Å². The molecule has 9 heteroatoms. The van der Waals surface area contributed by atoms with Gasteiger partial charge >= 0.3 is 12.1 Å². The summed E-state index contributed by atoms with van der Waals surface area (Å²) in [5, 5.41) is 13.6. The van der Waals surface area contributed by atoms with Crippen LogP contribution < -0.4 is 4.74 Å². The summed E-state index contributed by atoms with van der Waals surface area (Å²) in [4.78, 5) is 30.0. The SMILES string of the molecule is CN(C(=O)OCc1c(-c2ccc(O[C@H]3CCC[C@H](C(=O)O)C3)cn2)cnn1C)C1CCCC1. The first-order valence-corrected chi connectivity index (χ1v) is 11.7. The van der Waals surface area contributed by atoms with Gasteiger partial charge < -0.3 is 19.5 Å². The molecule has 2 saturated carbocycles. The number of hydrogen-bond donors (Lipinski definition) is 1. The Labute approximate surface area is 193 Å². The lowest BCUT2D eigenvalue weighted by Crippen LogP contribution is -2.35. The minimum Gasteiger partial charge on any atom is -0.489 e. The first-order chi connectivity index (χ1) is 15.9. The van der Waals surface area contributed by atoms with Crippen LogP contribution in [0.2, 0.25) is 0 Å². The van der Waals surface area contributed by atoms with Crippen LogP contribution in [0.15, 0.2) is 24.5 Å². The van der Waals surface area contributed by atoms with Crippen molar-refractivity contribution in [2.24, 2.45) is 13.0 Å². The Hall–Kier alpha value is -3.10. The Kier molecular flexibility index (Phi) is 7.15. The molecule has 1 amide bonds. The van der Waals surface area contributed by atoms with Gasteiger partial charge in [0.15, 0.2) is 0 Å². The molecule has 2 fully saturated rings. The molecule has 4 rings (SSSR count). The number of pyridine rings is 1. The molecule has 0 aromatic carbocycles. The summed E-state index contributed by atoms with van der Waals surface area (Å²) < 4.78 is 13.3. The maximum Gasteiger partial charge on any atom is 0.410 e. The van der Waals surface area contributed by atoms with Gasteiger partial charge in [0.1, 0.15) is 12.4 Å². The minimum atomic E-state index is -0.754. The lowest BCUT2D eigenvalue weighted by atomic mass is 9.87. The molecule has 9 nitrogen and oxygen atoms in total. The Balaban J connectivity index is 1.38. The second-order valence-corrected chi connectivity index (χ2v) is 9.05. The van der Waals surface area contributed by atoms with Crippen LogP contribution in [0.4, 0.5) is 4.79 Å². The van der Waals surface area contributed by atoms with E-state index in [4.69, 9.17) is 9.47 Å². The summed E-state index contributed by atoms with van der Waals surface area (Å²) in [5.41, 5.74) is 2.27. The number of aliphatic carboxylic acids is 1. The van der Waals surface area contributed by atoms with Gasteiger partial charge in [0.05, 0.1) is 35.8 Å². The minimum absolute atomic E-state index is 0.111. The summed E-state index contributed by atoms with van der Waals surface area (Å²) in [6.45, 7) is 0.111. The number of carbonyl (C=O) groups is 2. The number of carboxylic acid groups (broad SMARTS) is 1. The Morgan fingerprint density at radius 3 is 2.64 bits per heavy atom. The lowest BCUT2D eigenvalue weighted by Gasteiger charge is -2.27. The van der Waals surface area contributed by atoms with Crippen molar-refractivity contribution in [2.75, 3.05) is 7.05 Å². The number of ether oxygens (including phenoxy) is 2. The average molecular weight is 457 g/mol. The first kappa shape index (κ1) is 23.1. The zero-order valence-electron chi connectivity index (χ0n) is 19.3. The number of nitrogens with zero attached hydrogens (tertiary/aromatic N) is 4. The van der Waals surface area contributed by atoms with Crippen LogP contribution in [-0.2, 0) is 23.2 Å². The van der Waals surface area contributed by atoms with Crippen LogP contribution in [0.25, 0.3) is 11.3 Å². The summed E-state index contributed by atoms with van der Waals surface area (Å²) in [6.07, 6.45) is 10.2. The third-order valence-corrected chi connectivity index (χ3v) is 6.84. The van der Waals surface area contributed by atoms with E-state index in [-0.39, 0.29) is 30.8 Å². The van der Waals surface area contributed by atoms with Gasteiger partial charge in [-0.3, -0.25) is 14.5 Å². The maximum atomic E-state index is 12.5. The summed E-state index contributed by atoms with van der Waals surface area (Å²) in [5.74, 6) is -0.481. The largest absolute Gasteiger partial charge is 0.489 e. The van der Waals surface area contributed by atoms with Crippen LogP contribution in [0.1, 0.15) is 57.1 Å². The van der Waals surface area contributed by atoms with Crippen molar-refractivity contribution >= 4 is 12.1 Å². The molecule has 2 heterocycles. The number of rotatable bonds is 7. The van der Waals surface area contributed by atoms with E-state index in [1.54, 1.807) is 29.0 Å². The zero-order chi connectivity index (χ0) is 23.4. The van der Waals surface area contributed by atoms with E-state index in [0.717, 1.165) is 49.8 Å². The zero-order valence-corrected chi connectivity index (χ0v) is 19.3. The fourth-order valence-corrected chi connectivity index (χ4v) is 4.80. The first-order valence-electron chi connectivity index (χ1n) is 11.7. The van der Waals surface area contributed by atoms with Gasteiger partial charge in [-0.15, -0.1) is 0 Å². The molecule has 2 atom stereocenters. The third kappa shape index (κ3) is 5.46. The van der Waals surface area contributed by atoms with Crippen molar-refractivity contribution in [3.8, 4) is 17.0 Å². The van der Waals surface area contributed by atoms with Crippen molar-refractivity contribution in [3.63, 3.8) is 0 Å². The highest BCUT2D eigenvalue weighted by Gasteiger charge is 2.28. The Morgan fingerprint density at radius 2 is 1.94 bits per heavy atom. The van der Waals surface area contributed by atoms with Gasteiger partial charge in [0.25, 0.3) is 0 Å². The van der Waals surface area contributed by atoms with Crippen LogP contribution >= 0.6 is 0 Å². The fourth-order valence-electron chi connectivity index (χ4n) is 4.80. The van der Waals surface area contributed by atoms with E-state index in [2.05, 4.69) is 10.1 Å². The van der Waals surface area contributed by atoms with Gasteiger partial charge in [0, 0.05) is 25.7 Å². The van der Waals surface area contributed by atoms with E-state index < -0.39 is 5.97 Å².